The number of hydrazine groups is 1. The van der Waals surface area contributed by atoms with Crippen molar-refractivity contribution in [2.75, 3.05) is 13.2 Å². The third kappa shape index (κ3) is 4.20. The molecule has 5 amide bonds. The Hall–Kier alpha value is -2.65. The summed E-state index contributed by atoms with van der Waals surface area (Å²) < 4.78 is 5.00. The number of likely N-dealkylation sites (tertiary alicyclic amines) is 1. The first-order valence-corrected chi connectivity index (χ1v) is 10.1. The number of imide groups is 1. The standard InChI is InChI=1S/C19H28N4O6/c1-11(2)22-9-13(8-15(22)25)16(26)29-10-14(24)21-23-17(27)19(20-18(23)28)6-4-12(3)5-7-19/h11-13H,4-10H2,1-3H3,(H,20,28)(H,21,24). The number of nitrogens with zero attached hydrogens (tertiary/aromatic N) is 2. The molecule has 10 nitrogen and oxygen atoms in total. The Morgan fingerprint density at radius 3 is 2.48 bits per heavy atom. The fourth-order valence-corrected chi connectivity index (χ4v) is 4.12. The molecule has 0 aromatic heterocycles. The number of hydrogen-bond acceptors (Lipinski definition) is 6. The number of amides is 5. The lowest BCUT2D eigenvalue weighted by atomic mass is 9.77. The van der Waals surface area contributed by atoms with E-state index in [0.717, 1.165) is 12.8 Å². The number of esters is 1. The smallest absolute Gasteiger partial charge is 0.344 e. The van der Waals surface area contributed by atoms with Crippen LogP contribution in [0, 0.1) is 11.8 Å². The average Bonchev–Trinajstić information content (AvgIpc) is 3.16. The second-order valence-corrected chi connectivity index (χ2v) is 8.52. The van der Waals surface area contributed by atoms with Gasteiger partial charge in [0, 0.05) is 19.0 Å². The van der Waals surface area contributed by atoms with Gasteiger partial charge in [-0.3, -0.25) is 24.6 Å². The van der Waals surface area contributed by atoms with E-state index in [4.69, 9.17) is 4.74 Å². The molecule has 10 heteroatoms. The van der Waals surface area contributed by atoms with E-state index in [-0.39, 0.29) is 24.9 Å². The van der Waals surface area contributed by atoms with Crippen LogP contribution in [0.4, 0.5) is 4.79 Å². The molecule has 0 aromatic rings. The summed E-state index contributed by atoms with van der Waals surface area (Å²) in [5, 5.41) is 3.37. The molecule has 3 rings (SSSR count). The van der Waals surface area contributed by atoms with Crippen molar-refractivity contribution in [1.82, 2.24) is 20.7 Å². The minimum absolute atomic E-state index is 0.0154. The first-order valence-electron chi connectivity index (χ1n) is 10.1. The molecule has 2 aliphatic heterocycles. The first kappa shape index (κ1) is 21.1. The second kappa shape index (κ2) is 8.00. The fourth-order valence-electron chi connectivity index (χ4n) is 4.12. The zero-order valence-corrected chi connectivity index (χ0v) is 17.0. The van der Waals surface area contributed by atoms with E-state index in [1.54, 1.807) is 4.90 Å². The Balaban J connectivity index is 1.50. The van der Waals surface area contributed by atoms with Gasteiger partial charge in [-0.25, -0.2) is 4.79 Å². The third-order valence-electron chi connectivity index (χ3n) is 5.99. The van der Waals surface area contributed by atoms with Gasteiger partial charge in [-0.05, 0) is 45.4 Å². The minimum Gasteiger partial charge on any atom is -0.455 e. The molecular formula is C19H28N4O6. The Labute approximate surface area is 169 Å². The van der Waals surface area contributed by atoms with Crippen LogP contribution in [0.5, 0.6) is 0 Å². The molecule has 0 radical (unpaired) electrons. The van der Waals surface area contributed by atoms with Gasteiger partial charge in [0.15, 0.2) is 6.61 Å². The molecular weight excluding hydrogens is 380 g/mol. The van der Waals surface area contributed by atoms with Crippen LogP contribution < -0.4 is 10.7 Å². The second-order valence-electron chi connectivity index (χ2n) is 8.52. The van der Waals surface area contributed by atoms with Crippen molar-refractivity contribution in [3.05, 3.63) is 0 Å². The van der Waals surface area contributed by atoms with Gasteiger partial charge in [0.25, 0.3) is 11.8 Å². The van der Waals surface area contributed by atoms with Crippen molar-refractivity contribution >= 4 is 29.7 Å². The molecule has 29 heavy (non-hydrogen) atoms. The Morgan fingerprint density at radius 2 is 1.90 bits per heavy atom. The Bertz CT molecular complexity index is 728. The van der Waals surface area contributed by atoms with Gasteiger partial charge in [0.1, 0.15) is 5.54 Å². The lowest BCUT2D eigenvalue weighted by Gasteiger charge is -2.33. The van der Waals surface area contributed by atoms with Crippen LogP contribution in [-0.2, 0) is 23.9 Å². The quantitative estimate of drug-likeness (QED) is 0.498. The molecule has 1 saturated carbocycles. The maximum atomic E-state index is 12.7. The number of carbonyl (C=O) groups excluding carboxylic acids is 5. The summed E-state index contributed by atoms with van der Waals surface area (Å²) in [6.07, 6.45) is 2.74. The highest BCUT2D eigenvalue weighted by Crippen LogP contribution is 2.35. The molecule has 2 heterocycles. The zero-order valence-electron chi connectivity index (χ0n) is 17.0. The van der Waals surface area contributed by atoms with E-state index in [9.17, 15) is 24.0 Å². The average molecular weight is 408 g/mol. The van der Waals surface area contributed by atoms with Crippen molar-refractivity contribution in [2.45, 2.75) is 64.5 Å². The molecule has 0 aromatic carbocycles. The summed E-state index contributed by atoms with van der Waals surface area (Å²) in [5.41, 5.74) is 1.26. The maximum absolute atomic E-state index is 12.7. The predicted molar refractivity (Wildman–Crippen MR) is 99.8 cm³/mol. The lowest BCUT2D eigenvalue weighted by Crippen LogP contribution is -2.52. The molecule has 1 atom stereocenters. The van der Waals surface area contributed by atoms with Crippen LogP contribution in [-0.4, -0.2) is 64.4 Å². The van der Waals surface area contributed by atoms with Crippen LogP contribution in [0.25, 0.3) is 0 Å². The normalized spacial score (nSPS) is 29.6. The summed E-state index contributed by atoms with van der Waals surface area (Å²) in [7, 11) is 0. The number of nitrogens with one attached hydrogen (secondary N) is 2. The summed E-state index contributed by atoms with van der Waals surface area (Å²) in [6.45, 7) is 5.44. The molecule has 3 aliphatic rings. The highest BCUT2D eigenvalue weighted by molar-refractivity contribution is 6.08. The number of ether oxygens (including phenoxy) is 1. The van der Waals surface area contributed by atoms with Crippen LogP contribution in [0.1, 0.15) is 52.9 Å². The monoisotopic (exact) mass is 408 g/mol. The maximum Gasteiger partial charge on any atom is 0.344 e. The Kier molecular flexibility index (Phi) is 5.81. The van der Waals surface area contributed by atoms with Crippen molar-refractivity contribution in [3.63, 3.8) is 0 Å². The topological polar surface area (TPSA) is 125 Å². The molecule has 2 saturated heterocycles. The molecule has 0 bridgehead atoms. The van der Waals surface area contributed by atoms with Crippen molar-refractivity contribution in [2.24, 2.45) is 11.8 Å². The number of rotatable bonds is 5. The highest BCUT2D eigenvalue weighted by atomic mass is 16.5. The van der Waals surface area contributed by atoms with Gasteiger partial charge in [-0.2, -0.15) is 5.01 Å². The van der Waals surface area contributed by atoms with Gasteiger partial charge in [0.2, 0.25) is 5.91 Å². The van der Waals surface area contributed by atoms with Crippen LogP contribution in [0.2, 0.25) is 0 Å². The number of urea groups is 1. The van der Waals surface area contributed by atoms with E-state index in [0.29, 0.717) is 23.8 Å². The van der Waals surface area contributed by atoms with Gasteiger partial charge in [-0.15, -0.1) is 0 Å². The molecule has 1 unspecified atom stereocenters. The largest absolute Gasteiger partial charge is 0.455 e. The third-order valence-corrected chi connectivity index (χ3v) is 5.99. The predicted octanol–water partition coefficient (Wildman–Crippen LogP) is 0.318. The van der Waals surface area contributed by atoms with E-state index in [1.807, 2.05) is 13.8 Å². The highest BCUT2D eigenvalue weighted by Gasteiger charge is 2.53. The molecule has 3 fully saturated rings. The summed E-state index contributed by atoms with van der Waals surface area (Å²) >= 11 is 0. The van der Waals surface area contributed by atoms with Crippen molar-refractivity contribution in [1.29, 1.82) is 0 Å². The van der Waals surface area contributed by atoms with E-state index in [2.05, 4.69) is 17.7 Å². The molecule has 2 N–H and O–H groups in total. The summed E-state index contributed by atoms with van der Waals surface area (Å²) in [5.74, 6) is -2.18. The van der Waals surface area contributed by atoms with Gasteiger partial charge >= 0.3 is 12.0 Å². The van der Waals surface area contributed by atoms with Gasteiger partial charge in [0.05, 0.1) is 5.92 Å². The molecule has 160 valence electrons. The van der Waals surface area contributed by atoms with E-state index in [1.165, 1.54) is 0 Å². The van der Waals surface area contributed by atoms with E-state index >= 15 is 0 Å². The van der Waals surface area contributed by atoms with Gasteiger partial charge < -0.3 is 15.0 Å². The SMILES string of the molecule is CC1CCC2(CC1)NC(=O)N(NC(=O)COC(=O)C1CC(=O)N(C(C)C)C1)C2=O. The first-order chi connectivity index (χ1) is 13.6. The number of hydrogen-bond donors (Lipinski definition) is 2. The zero-order chi connectivity index (χ0) is 21.3. The fraction of sp³-hybridized carbons (Fsp3) is 0.737. The lowest BCUT2D eigenvalue weighted by molar-refractivity contribution is -0.154. The van der Waals surface area contributed by atoms with Gasteiger partial charge in [-0.1, -0.05) is 6.92 Å². The summed E-state index contributed by atoms with van der Waals surface area (Å²) in [6, 6.07) is -0.698. The molecule has 1 spiro atoms. The van der Waals surface area contributed by atoms with Crippen molar-refractivity contribution < 1.29 is 28.7 Å². The molecule has 1 aliphatic carbocycles. The van der Waals surface area contributed by atoms with Crippen LogP contribution in [0.15, 0.2) is 0 Å². The van der Waals surface area contributed by atoms with Crippen LogP contribution in [0.3, 0.4) is 0 Å². The Morgan fingerprint density at radius 1 is 1.24 bits per heavy atom. The minimum atomic E-state index is -0.960. The van der Waals surface area contributed by atoms with Crippen molar-refractivity contribution in [3.8, 4) is 0 Å². The number of carbonyl (C=O) groups is 5. The summed E-state index contributed by atoms with van der Waals surface area (Å²) in [4.78, 5) is 62.6. The van der Waals surface area contributed by atoms with E-state index < -0.39 is 41.9 Å². The van der Waals surface area contributed by atoms with Crippen LogP contribution >= 0.6 is 0 Å².